The first-order valence-corrected chi connectivity index (χ1v) is 5.53. The molecule has 0 aliphatic rings. The molecule has 0 fully saturated rings. The van der Waals surface area contributed by atoms with Gasteiger partial charge in [0.1, 0.15) is 11.4 Å². The lowest BCUT2D eigenvalue weighted by molar-refractivity contribution is -0.384. The fraction of sp³-hybridized carbons (Fsp3) is 0.222. The number of nitro benzene ring substituents is 1. The molecule has 0 saturated carbocycles. The van der Waals surface area contributed by atoms with E-state index in [1.807, 2.05) is 0 Å². The third kappa shape index (κ3) is 4.70. The zero-order chi connectivity index (χ0) is 12.8. The Labute approximate surface area is 99.0 Å². The monoisotopic (exact) mass is 258 g/mol. The number of carbonyl (C=O) groups is 1. The fourth-order valence-electron chi connectivity index (χ4n) is 1.15. The molecule has 1 aromatic rings. The van der Waals surface area contributed by atoms with Gasteiger partial charge in [-0.1, -0.05) is 12.1 Å². The zero-order valence-electron chi connectivity index (χ0n) is 8.53. The van der Waals surface area contributed by atoms with E-state index >= 15 is 0 Å². The van der Waals surface area contributed by atoms with Crippen molar-refractivity contribution in [3.63, 3.8) is 0 Å². The molecular formula is C9H8NO6S-. The molecule has 0 heterocycles. The van der Waals surface area contributed by atoms with E-state index in [9.17, 15) is 23.7 Å². The van der Waals surface area contributed by atoms with Crippen LogP contribution in [0.1, 0.15) is 12.0 Å². The summed E-state index contributed by atoms with van der Waals surface area (Å²) < 4.78 is 23.9. The average molecular weight is 258 g/mol. The van der Waals surface area contributed by atoms with Gasteiger partial charge < -0.3 is 8.74 Å². The van der Waals surface area contributed by atoms with Gasteiger partial charge in [-0.05, 0) is 12.0 Å². The van der Waals surface area contributed by atoms with E-state index in [0.29, 0.717) is 5.56 Å². The Hall–Kier alpha value is -1.80. The van der Waals surface area contributed by atoms with Crippen LogP contribution in [0.3, 0.4) is 0 Å². The largest absolute Gasteiger partial charge is 0.740 e. The van der Waals surface area contributed by atoms with E-state index in [0.717, 1.165) is 0 Å². The van der Waals surface area contributed by atoms with Crippen LogP contribution in [0.5, 0.6) is 0 Å². The Balaban J connectivity index is 2.50. The fourth-order valence-corrected chi connectivity index (χ4v) is 1.38. The molecule has 7 nitrogen and oxygen atoms in total. The SMILES string of the molecule is O=C(CCc1ccc([N+](=O)[O-])cc1)OS(=O)[O-]. The van der Waals surface area contributed by atoms with E-state index in [1.165, 1.54) is 24.3 Å². The molecule has 1 unspecified atom stereocenters. The van der Waals surface area contributed by atoms with Gasteiger partial charge in [-0.3, -0.25) is 14.9 Å². The maximum absolute atomic E-state index is 10.9. The Bertz CT molecular complexity index is 443. The van der Waals surface area contributed by atoms with Crippen LogP contribution < -0.4 is 0 Å². The second-order valence-corrected chi connectivity index (χ2v) is 3.66. The highest BCUT2D eigenvalue weighted by Crippen LogP contribution is 2.13. The molecule has 0 aliphatic heterocycles. The summed E-state index contributed by atoms with van der Waals surface area (Å²) in [5.74, 6) is -0.864. The standard InChI is InChI=1S/C9H9NO6S/c11-9(16-17(14)15)6-3-7-1-4-8(5-2-7)10(12)13/h1-2,4-5H,3,6H2,(H,14,15)/p-1. The van der Waals surface area contributed by atoms with Crippen LogP contribution in [0.2, 0.25) is 0 Å². The summed E-state index contributed by atoms with van der Waals surface area (Å²) >= 11 is -2.85. The van der Waals surface area contributed by atoms with Crippen molar-refractivity contribution in [3.8, 4) is 0 Å². The summed E-state index contributed by atoms with van der Waals surface area (Å²) in [6, 6.07) is 5.62. The number of nitro groups is 1. The molecule has 92 valence electrons. The van der Waals surface area contributed by atoms with Crippen LogP contribution in [0.4, 0.5) is 5.69 Å². The highest BCUT2D eigenvalue weighted by Gasteiger charge is 2.07. The van der Waals surface area contributed by atoms with Gasteiger partial charge in [0.05, 0.1) is 11.3 Å². The van der Waals surface area contributed by atoms with Crippen LogP contribution in [0, 0.1) is 10.1 Å². The number of aryl methyl sites for hydroxylation is 1. The molecule has 0 aromatic heterocycles. The lowest BCUT2D eigenvalue weighted by Gasteiger charge is -2.05. The lowest BCUT2D eigenvalue weighted by atomic mass is 10.1. The van der Waals surface area contributed by atoms with E-state index in [2.05, 4.69) is 4.18 Å². The lowest BCUT2D eigenvalue weighted by Crippen LogP contribution is -2.07. The van der Waals surface area contributed by atoms with E-state index < -0.39 is 22.3 Å². The van der Waals surface area contributed by atoms with Gasteiger partial charge in [-0.2, -0.15) is 0 Å². The molecule has 0 N–H and O–H groups in total. The Kier molecular flexibility index (Phi) is 4.73. The number of hydrogen-bond acceptors (Lipinski definition) is 6. The summed E-state index contributed by atoms with van der Waals surface area (Å²) in [4.78, 5) is 20.7. The average Bonchev–Trinajstić information content (AvgIpc) is 2.26. The van der Waals surface area contributed by atoms with E-state index in [4.69, 9.17) is 0 Å². The maximum Gasteiger partial charge on any atom is 0.319 e. The molecule has 1 atom stereocenters. The molecule has 0 amide bonds. The third-order valence-corrected chi connectivity index (χ3v) is 2.25. The van der Waals surface area contributed by atoms with Crippen LogP contribution in [-0.4, -0.2) is 19.7 Å². The van der Waals surface area contributed by atoms with Gasteiger partial charge >= 0.3 is 5.97 Å². The Morgan fingerprint density at radius 2 is 1.94 bits per heavy atom. The van der Waals surface area contributed by atoms with Gasteiger partial charge in [-0.25, -0.2) is 4.21 Å². The molecule has 0 radical (unpaired) electrons. The van der Waals surface area contributed by atoms with Crippen molar-refractivity contribution in [2.24, 2.45) is 0 Å². The summed E-state index contributed by atoms with van der Waals surface area (Å²) in [5.41, 5.74) is 0.640. The highest BCUT2D eigenvalue weighted by molar-refractivity contribution is 7.74. The van der Waals surface area contributed by atoms with Crippen molar-refractivity contribution in [1.29, 1.82) is 0 Å². The molecule has 1 aromatic carbocycles. The topological polar surface area (TPSA) is 110 Å². The minimum absolute atomic E-state index is 0.0445. The predicted molar refractivity (Wildman–Crippen MR) is 56.4 cm³/mol. The molecule has 8 heteroatoms. The number of nitrogens with zero attached hydrogens (tertiary/aromatic N) is 1. The quantitative estimate of drug-likeness (QED) is 0.440. The smallest absolute Gasteiger partial charge is 0.319 e. The maximum atomic E-state index is 10.9. The van der Waals surface area contributed by atoms with Gasteiger partial charge in [0, 0.05) is 12.1 Å². The van der Waals surface area contributed by atoms with Gasteiger partial charge in [-0.15, -0.1) is 0 Å². The first-order valence-electron chi connectivity index (χ1n) is 4.53. The molecule has 1 rings (SSSR count). The van der Waals surface area contributed by atoms with Crippen LogP contribution in [0.25, 0.3) is 0 Å². The number of hydrogen-bond donors (Lipinski definition) is 0. The van der Waals surface area contributed by atoms with Gasteiger partial charge in [0.25, 0.3) is 5.69 Å². The zero-order valence-corrected chi connectivity index (χ0v) is 9.35. The summed E-state index contributed by atoms with van der Waals surface area (Å²) in [6.07, 6.45) is 0.153. The van der Waals surface area contributed by atoms with E-state index in [-0.39, 0.29) is 18.5 Å². The van der Waals surface area contributed by atoms with Crippen LogP contribution in [-0.2, 0) is 26.8 Å². The second kappa shape index (κ2) is 6.06. The van der Waals surface area contributed by atoms with Crippen molar-refractivity contribution < 1.29 is 22.7 Å². The molecular weight excluding hydrogens is 250 g/mol. The van der Waals surface area contributed by atoms with E-state index in [1.54, 1.807) is 0 Å². The number of carbonyl (C=O) groups excluding carboxylic acids is 1. The number of benzene rings is 1. The molecule has 0 bridgehead atoms. The molecule has 17 heavy (non-hydrogen) atoms. The first kappa shape index (κ1) is 13.3. The van der Waals surface area contributed by atoms with Crippen molar-refractivity contribution in [3.05, 3.63) is 39.9 Å². The van der Waals surface area contributed by atoms with Gasteiger partial charge in [0.2, 0.25) is 0 Å². The van der Waals surface area contributed by atoms with Crippen molar-refractivity contribution >= 4 is 23.0 Å². The Morgan fingerprint density at radius 1 is 1.35 bits per heavy atom. The summed E-state index contributed by atoms with van der Waals surface area (Å²) in [7, 11) is 0. The van der Waals surface area contributed by atoms with Crippen molar-refractivity contribution in [2.75, 3.05) is 0 Å². The first-order chi connectivity index (χ1) is 7.99. The summed E-state index contributed by atoms with van der Waals surface area (Å²) in [6.45, 7) is 0. The molecule has 0 saturated heterocycles. The van der Waals surface area contributed by atoms with Crippen LogP contribution >= 0.6 is 0 Å². The normalized spacial score (nSPS) is 11.8. The second-order valence-electron chi connectivity index (χ2n) is 3.08. The predicted octanol–water partition coefficient (Wildman–Crippen LogP) is 0.865. The number of non-ortho nitro benzene ring substituents is 1. The number of rotatable bonds is 5. The Morgan fingerprint density at radius 3 is 2.41 bits per heavy atom. The minimum atomic E-state index is -2.85. The van der Waals surface area contributed by atoms with Gasteiger partial charge in [0.15, 0.2) is 0 Å². The molecule has 0 aliphatic carbocycles. The minimum Gasteiger partial charge on any atom is -0.740 e. The summed E-state index contributed by atoms with van der Waals surface area (Å²) in [5, 5.41) is 10.4. The van der Waals surface area contributed by atoms with Crippen molar-refractivity contribution in [2.45, 2.75) is 12.8 Å². The highest BCUT2D eigenvalue weighted by atomic mass is 32.2. The van der Waals surface area contributed by atoms with Crippen LogP contribution in [0.15, 0.2) is 24.3 Å². The molecule has 0 spiro atoms. The third-order valence-electron chi connectivity index (χ3n) is 1.93. The van der Waals surface area contributed by atoms with Crippen molar-refractivity contribution in [1.82, 2.24) is 0 Å².